The van der Waals surface area contributed by atoms with Gasteiger partial charge in [0.1, 0.15) is 11.6 Å². The first-order valence-corrected chi connectivity index (χ1v) is 8.80. The Kier molecular flexibility index (Phi) is 5.95. The van der Waals surface area contributed by atoms with Crippen LogP contribution in [0.2, 0.25) is 0 Å². The first-order valence-electron chi connectivity index (χ1n) is 8.80. The fourth-order valence-corrected chi connectivity index (χ4v) is 3.04. The maximum Gasteiger partial charge on any atom is 0.321 e. The highest BCUT2D eigenvalue weighted by atomic mass is 16.5. The molecule has 27 heavy (non-hydrogen) atoms. The van der Waals surface area contributed by atoms with Gasteiger partial charge in [-0.1, -0.05) is 6.07 Å². The Morgan fingerprint density at radius 3 is 2.56 bits per heavy atom. The van der Waals surface area contributed by atoms with Crippen LogP contribution in [0, 0.1) is 0 Å². The number of amides is 1. The number of carbonyl (C=O) groups excluding carboxylic acids is 1. The molecular weight excluding hydrogens is 348 g/mol. The SMILES string of the molecule is COc1cccc(C(=O)N2CCCN(c3cc(OC)nc(OC)n3)CC2)c1. The monoisotopic (exact) mass is 372 g/mol. The molecule has 0 bridgehead atoms. The second kappa shape index (κ2) is 8.57. The molecule has 1 aliphatic rings. The molecule has 8 nitrogen and oxygen atoms in total. The van der Waals surface area contributed by atoms with Gasteiger partial charge < -0.3 is 24.0 Å². The highest BCUT2D eigenvalue weighted by molar-refractivity contribution is 5.94. The summed E-state index contributed by atoms with van der Waals surface area (Å²) in [7, 11) is 4.68. The Balaban J connectivity index is 1.72. The van der Waals surface area contributed by atoms with Crippen molar-refractivity contribution in [2.24, 2.45) is 0 Å². The van der Waals surface area contributed by atoms with Crippen LogP contribution in [0.5, 0.6) is 17.6 Å². The van der Waals surface area contributed by atoms with Gasteiger partial charge in [-0.2, -0.15) is 9.97 Å². The Bertz CT molecular complexity index is 777. The van der Waals surface area contributed by atoms with E-state index in [9.17, 15) is 4.79 Å². The van der Waals surface area contributed by atoms with E-state index in [1.165, 1.54) is 7.11 Å². The number of aromatic nitrogens is 2. The molecule has 2 heterocycles. The lowest BCUT2D eigenvalue weighted by molar-refractivity contribution is 0.0766. The highest BCUT2D eigenvalue weighted by Gasteiger charge is 2.22. The van der Waals surface area contributed by atoms with Crippen molar-refractivity contribution >= 4 is 11.7 Å². The van der Waals surface area contributed by atoms with Crippen LogP contribution in [0.15, 0.2) is 30.3 Å². The number of carbonyl (C=O) groups is 1. The van der Waals surface area contributed by atoms with E-state index in [1.54, 1.807) is 26.4 Å². The smallest absolute Gasteiger partial charge is 0.321 e. The van der Waals surface area contributed by atoms with Gasteiger partial charge in [-0.3, -0.25) is 4.79 Å². The van der Waals surface area contributed by atoms with Crippen molar-refractivity contribution < 1.29 is 19.0 Å². The number of anilines is 1. The molecule has 0 saturated carbocycles. The molecule has 1 fully saturated rings. The van der Waals surface area contributed by atoms with Crippen molar-refractivity contribution in [1.29, 1.82) is 0 Å². The van der Waals surface area contributed by atoms with Crippen LogP contribution in [0.4, 0.5) is 5.82 Å². The summed E-state index contributed by atoms with van der Waals surface area (Å²) in [5.41, 5.74) is 0.633. The average Bonchev–Trinajstić information content (AvgIpc) is 2.99. The number of ether oxygens (including phenoxy) is 3. The first kappa shape index (κ1) is 18.8. The average molecular weight is 372 g/mol. The predicted octanol–water partition coefficient (Wildman–Crippen LogP) is 1.85. The van der Waals surface area contributed by atoms with Crippen LogP contribution in [-0.4, -0.2) is 68.3 Å². The summed E-state index contributed by atoms with van der Waals surface area (Å²) in [6.07, 6.45) is 0.838. The van der Waals surface area contributed by atoms with Crippen LogP contribution in [0.25, 0.3) is 0 Å². The molecule has 1 aromatic heterocycles. The molecule has 1 amide bonds. The van der Waals surface area contributed by atoms with Crippen LogP contribution in [-0.2, 0) is 0 Å². The van der Waals surface area contributed by atoms with Crippen molar-refractivity contribution in [2.75, 3.05) is 52.4 Å². The Hall–Kier alpha value is -3.03. The van der Waals surface area contributed by atoms with E-state index in [2.05, 4.69) is 14.9 Å². The van der Waals surface area contributed by atoms with Gasteiger partial charge in [-0.15, -0.1) is 0 Å². The summed E-state index contributed by atoms with van der Waals surface area (Å²) in [6.45, 7) is 2.74. The first-order chi connectivity index (χ1) is 13.1. The lowest BCUT2D eigenvalue weighted by Gasteiger charge is -2.23. The van der Waals surface area contributed by atoms with Gasteiger partial charge in [0.05, 0.1) is 21.3 Å². The molecule has 2 aromatic rings. The molecule has 0 spiro atoms. The molecule has 0 radical (unpaired) electrons. The molecule has 1 aromatic carbocycles. The molecule has 0 N–H and O–H groups in total. The minimum Gasteiger partial charge on any atom is -0.497 e. The van der Waals surface area contributed by atoms with Crippen LogP contribution < -0.4 is 19.1 Å². The van der Waals surface area contributed by atoms with E-state index in [4.69, 9.17) is 14.2 Å². The summed E-state index contributed by atoms with van der Waals surface area (Å²) in [5, 5.41) is 0. The Labute approximate surface area is 158 Å². The number of hydrogen-bond acceptors (Lipinski definition) is 7. The zero-order valence-corrected chi connectivity index (χ0v) is 15.8. The second-order valence-corrected chi connectivity index (χ2v) is 6.12. The zero-order valence-electron chi connectivity index (χ0n) is 15.8. The number of benzene rings is 1. The quantitative estimate of drug-likeness (QED) is 0.793. The lowest BCUT2D eigenvalue weighted by atomic mass is 10.2. The van der Waals surface area contributed by atoms with Gasteiger partial charge in [0, 0.05) is 37.8 Å². The Morgan fingerprint density at radius 2 is 1.81 bits per heavy atom. The van der Waals surface area contributed by atoms with Gasteiger partial charge in [0.2, 0.25) is 5.88 Å². The molecule has 1 saturated heterocycles. The summed E-state index contributed by atoms with van der Waals surface area (Å²) >= 11 is 0. The number of rotatable bonds is 5. The van der Waals surface area contributed by atoms with Gasteiger partial charge in [-0.25, -0.2) is 0 Å². The van der Waals surface area contributed by atoms with Crippen molar-refractivity contribution in [3.8, 4) is 17.6 Å². The molecule has 3 rings (SSSR count). The molecule has 1 aliphatic heterocycles. The molecule has 0 aliphatic carbocycles. The third kappa shape index (κ3) is 4.39. The van der Waals surface area contributed by atoms with E-state index in [0.717, 1.165) is 18.8 Å². The fraction of sp³-hybridized carbons (Fsp3) is 0.421. The minimum absolute atomic E-state index is 0.00796. The van der Waals surface area contributed by atoms with Gasteiger partial charge in [-0.05, 0) is 24.6 Å². The maximum atomic E-state index is 12.9. The van der Waals surface area contributed by atoms with Crippen LogP contribution >= 0.6 is 0 Å². The van der Waals surface area contributed by atoms with E-state index in [0.29, 0.717) is 36.8 Å². The highest BCUT2D eigenvalue weighted by Crippen LogP contribution is 2.22. The molecule has 8 heteroatoms. The zero-order chi connectivity index (χ0) is 19.2. The summed E-state index contributed by atoms with van der Waals surface area (Å²) in [6, 6.07) is 9.28. The molecule has 0 atom stereocenters. The van der Waals surface area contributed by atoms with Crippen molar-refractivity contribution in [3.05, 3.63) is 35.9 Å². The van der Waals surface area contributed by atoms with Crippen molar-refractivity contribution in [3.63, 3.8) is 0 Å². The standard InChI is InChI=1S/C19H24N4O4/c1-25-15-7-4-6-14(12-15)18(24)23-9-5-8-22(10-11-23)16-13-17(26-2)21-19(20-16)27-3/h4,6-7,12-13H,5,8-11H2,1-3H3. The fourth-order valence-electron chi connectivity index (χ4n) is 3.04. The van der Waals surface area contributed by atoms with E-state index in [1.807, 2.05) is 23.1 Å². The molecule has 144 valence electrons. The molecular formula is C19H24N4O4. The number of methoxy groups -OCH3 is 3. The van der Waals surface area contributed by atoms with Crippen LogP contribution in [0.3, 0.4) is 0 Å². The third-order valence-corrected chi connectivity index (χ3v) is 4.48. The second-order valence-electron chi connectivity index (χ2n) is 6.12. The lowest BCUT2D eigenvalue weighted by Crippen LogP contribution is -2.35. The summed E-state index contributed by atoms with van der Waals surface area (Å²) in [4.78, 5) is 25.4. The number of hydrogen-bond donors (Lipinski definition) is 0. The van der Waals surface area contributed by atoms with E-state index in [-0.39, 0.29) is 11.9 Å². The maximum absolute atomic E-state index is 12.9. The Morgan fingerprint density at radius 1 is 0.963 bits per heavy atom. The summed E-state index contributed by atoms with van der Waals surface area (Å²) in [5.74, 6) is 1.87. The van der Waals surface area contributed by atoms with Gasteiger partial charge in [0.15, 0.2) is 0 Å². The van der Waals surface area contributed by atoms with Crippen LogP contribution in [0.1, 0.15) is 16.8 Å². The normalized spacial score (nSPS) is 14.5. The largest absolute Gasteiger partial charge is 0.497 e. The van der Waals surface area contributed by atoms with E-state index < -0.39 is 0 Å². The summed E-state index contributed by atoms with van der Waals surface area (Å²) < 4.78 is 15.6. The predicted molar refractivity (Wildman–Crippen MR) is 101 cm³/mol. The van der Waals surface area contributed by atoms with Crippen molar-refractivity contribution in [2.45, 2.75) is 6.42 Å². The number of nitrogens with zero attached hydrogens (tertiary/aromatic N) is 4. The van der Waals surface area contributed by atoms with E-state index >= 15 is 0 Å². The third-order valence-electron chi connectivity index (χ3n) is 4.48. The van der Waals surface area contributed by atoms with Gasteiger partial charge >= 0.3 is 6.01 Å². The van der Waals surface area contributed by atoms with Gasteiger partial charge in [0.25, 0.3) is 5.91 Å². The van der Waals surface area contributed by atoms with Crippen molar-refractivity contribution in [1.82, 2.24) is 14.9 Å². The minimum atomic E-state index is 0.00796. The molecule has 0 unspecified atom stereocenters. The topological polar surface area (TPSA) is 77.0 Å².